The minimum atomic E-state index is -0.449. The standard InChI is InChI=1S/C8H16OS/c1-8(2,9)5-7-3-4-10-6-7/h7,9H,3-6H2,1-2H3. The summed E-state index contributed by atoms with van der Waals surface area (Å²) in [4.78, 5) is 0. The molecule has 1 rings (SSSR count). The molecule has 1 aliphatic heterocycles. The van der Waals surface area contributed by atoms with Crippen molar-refractivity contribution in [2.75, 3.05) is 11.5 Å². The Hall–Kier alpha value is 0.310. The highest BCUT2D eigenvalue weighted by molar-refractivity contribution is 7.99. The maximum atomic E-state index is 9.47. The normalized spacial score (nSPS) is 27.3. The van der Waals surface area contributed by atoms with E-state index in [9.17, 15) is 5.11 Å². The van der Waals surface area contributed by atoms with E-state index in [-0.39, 0.29) is 0 Å². The van der Waals surface area contributed by atoms with E-state index in [0.717, 1.165) is 12.3 Å². The van der Waals surface area contributed by atoms with Crippen LogP contribution in [0.5, 0.6) is 0 Å². The van der Waals surface area contributed by atoms with Crippen LogP contribution in [0.2, 0.25) is 0 Å². The van der Waals surface area contributed by atoms with E-state index in [1.54, 1.807) is 0 Å². The van der Waals surface area contributed by atoms with Gasteiger partial charge in [0, 0.05) is 0 Å². The van der Waals surface area contributed by atoms with Crippen LogP contribution in [-0.4, -0.2) is 22.2 Å². The van der Waals surface area contributed by atoms with E-state index in [1.807, 2.05) is 25.6 Å². The van der Waals surface area contributed by atoms with Crippen molar-refractivity contribution in [2.45, 2.75) is 32.3 Å². The third-order valence-corrected chi connectivity index (χ3v) is 3.04. The molecule has 0 aliphatic carbocycles. The first-order chi connectivity index (χ1) is 4.58. The van der Waals surface area contributed by atoms with Gasteiger partial charge < -0.3 is 5.11 Å². The molecule has 1 heterocycles. The minimum Gasteiger partial charge on any atom is -0.390 e. The predicted octanol–water partition coefficient (Wildman–Crippen LogP) is 1.90. The summed E-state index contributed by atoms with van der Waals surface area (Å²) in [6.07, 6.45) is 2.27. The third kappa shape index (κ3) is 2.93. The number of thioether (sulfide) groups is 1. The largest absolute Gasteiger partial charge is 0.390 e. The molecule has 0 saturated carbocycles. The van der Waals surface area contributed by atoms with Crippen molar-refractivity contribution in [2.24, 2.45) is 5.92 Å². The average molecular weight is 160 g/mol. The summed E-state index contributed by atoms with van der Waals surface area (Å²) in [5, 5.41) is 9.47. The van der Waals surface area contributed by atoms with Gasteiger partial charge in [-0.3, -0.25) is 0 Å². The lowest BCUT2D eigenvalue weighted by Crippen LogP contribution is -2.22. The number of hydrogen-bond acceptors (Lipinski definition) is 2. The second kappa shape index (κ2) is 3.14. The van der Waals surface area contributed by atoms with Crippen molar-refractivity contribution in [3.8, 4) is 0 Å². The lowest BCUT2D eigenvalue weighted by molar-refractivity contribution is 0.0563. The van der Waals surface area contributed by atoms with Gasteiger partial charge in [-0.25, -0.2) is 0 Å². The molecule has 1 saturated heterocycles. The predicted molar refractivity (Wildman–Crippen MR) is 46.3 cm³/mol. The fourth-order valence-electron chi connectivity index (χ4n) is 1.45. The zero-order chi connectivity index (χ0) is 7.61. The molecule has 1 N–H and O–H groups in total. The van der Waals surface area contributed by atoms with Crippen molar-refractivity contribution in [3.63, 3.8) is 0 Å². The molecule has 0 aromatic carbocycles. The summed E-state index contributed by atoms with van der Waals surface area (Å²) in [5.41, 5.74) is -0.449. The molecule has 1 nitrogen and oxygen atoms in total. The van der Waals surface area contributed by atoms with Crippen molar-refractivity contribution in [3.05, 3.63) is 0 Å². The van der Waals surface area contributed by atoms with Crippen LogP contribution in [0.25, 0.3) is 0 Å². The van der Waals surface area contributed by atoms with Gasteiger partial charge in [0.15, 0.2) is 0 Å². The maximum Gasteiger partial charge on any atom is 0.0594 e. The second-order valence-electron chi connectivity index (χ2n) is 3.75. The Morgan fingerprint density at radius 3 is 2.70 bits per heavy atom. The molecule has 0 amide bonds. The Morgan fingerprint density at radius 2 is 2.30 bits per heavy atom. The fraction of sp³-hybridized carbons (Fsp3) is 1.00. The minimum absolute atomic E-state index is 0.449. The second-order valence-corrected chi connectivity index (χ2v) is 4.90. The molecule has 0 bridgehead atoms. The van der Waals surface area contributed by atoms with E-state index >= 15 is 0 Å². The smallest absolute Gasteiger partial charge is 0.0594 e. The van der Waals surface area contributed by atoms with Crippen LogP contribution >= 0.6 is 11.8 Å². The van der Waals surface area contributed by atoms with E-state index in [0.29, 0.717) is 0 Å². The number of rotatable bonds is 2. The van der Waals surface area contributed by atoms with Gasteiger partial charge in [0.05, 0.1) is 5.60 Å². The zero-order valence-corrected chi connectivity index (χ0v) is 7.58. The van der Waals surface area contributed by atoms with Gasteiger partial charge in [-0.2, -0.15) is 11.8 Å². The van der Waals surface area contributed by atoms with Gasteiger partial charge in [0.25, 0.3) is 0 Å². The first kappa shape index (κ1) is 8.41. The van der Waals surface area contributed by atoms with E-state index in [2.05, 4.69) is 0 Å². The van der Waals surface area contributed by atoms with Gasteiger partial charge in [-0.15, -0.1) is 0 Å². The summed E-state index contributed by atoms with van der Waals surface area (Å²) in [7, 11) is 0. The Labute approximate surface area is 67.2 Å². The molecule has 0 spiro atoms. The van der Waals surface area contributed by atoms with Gasteiger partial charge in [-0.05, 0) is 44.1 Å². The summed E-state index contributed by atoms with van der Waals surface area (Å²) in [5.74, 6) is 3.31. The molecule has 60 valence electrons. The first-order valence-corrected chi connectivity index (χ1v) is 5.03. The topological polar surface area (TPSA) is 20.2 Å². The summed E-state index contributed by atoms with van der Waals surface area (Å²) < 4.78 is 0. The summed E-state index contributed by atoms with van der Waals surface area (Å²) in [6, 6.07) is 0. The molecule has 2 heteroatoms. The lowest BCUT2D eigenvalue weighted by atomic mass is 9.93. The highest BCUT2D eigenvalue weighted by Crippen LogP contribution is 2.29. The molecular formula is C8H16OS. The van der Waals surface area contributed by atoms with Crippen molar-refractivity contribution < 1.29 is 5.11 Å². The quantitative estimate of drug-likeness (QED) is 0.666. The first-order valence-electron chi connectivity index (χ1n) is 3.88. The number of hydrogen-bond donors (Lipinski definition) is 1. The molecule has 1 aliphatic rings. The monoisotopic (exact) mass is 160 g/mol. The number of aliphatic hydroxyl groups is 1. The zero-order valence-electron chi connectivity index (χ0n) is 6.76. The summed E-state index contributed by atoms with van der Waals surface area (Å²) >= 11 is 2.01. The van der Waals surface area contributed by atoms with Crippen LogP contribution in [0.15, 0.2) is 0 Å². The highest BCUT2D eigenvalue weighted by Gasteiger charge is 2.23. The fourth-order valence-corrected chi connectivity index (χ4v) is 2.74. The van der Waals surface area contributed by atoms with Crippen molar-refractivity contribution in [1.82, 2.24) is 0 Å². The maximum absolute atomic E-state index is 9.47. The molecule has 1 atom stereocenters. The highest BCUT2D eigenvalue weighted by atomic mass is 32.2. The molecular weight excluding hydrogens is 144 g/mol. The van der Waals surface area contributed by atoms with Gasteiger partial charge in [0.1, 0.15) is 0 Å². The van der Waals surface area contributed by atoms with Crippen LogP contribution in [0.3, 0.4) is 0 Å². The Balaban J connectivity index is 2.24. The SMILES string of the molecule is CC(C)(O)CC1CCSC1. The molecule has 1 unspecified atom stereocenters. The van der Waals surface area contributed by atoms with Crippen LogP contribution in [0.1, 0.15) is 26.7 Å². The van der Waals surface area contributed by atoms with E-state index < -0.39 is 5.60 Å². The van der Waals surface area contributed by atoms with Gasteiger partial charge in [-0.1, -0.05) is 0 Å². The van der Waals surface area contributed by atoms with Crippen LogP contribution < -0.4 is 0 Å². The van der Waals surface area contributed by atoms with Gasteiger partial charge in [0.2, 0.25) is 0 Å². The van der Waals surface area contributed by atoms with E-state index in [4.69, 9.17) is 0 Å². The molecule has 10 heavy (non-hydrogen) atoms. The van der Waals surface area contributed by atoms with Crippen molar-refractivity contribution in [1.29, 1.82) is 0 Å². The van der Waals surface area contributed by atoms with Crippen molar-refractivity contribution >= 4 is 11.8 Å². The van der Waals surface area contributed by atoms with Crippen LogP contribution in [0.4, 0.5) is 0 Å². The Morgan fingerprint density at radius 1 is 1.60 bits per heavy atom. The lowest BCUT2D eigenvalue weighted by Gasteiger charge is -2.20. The van der Waals surface area contributed by atoms with Crippen LogP contribution in [-0.2, 0) is 0 Å². The summed E-state index contributed by atoms with van der Waals surface area (Å²) in [6.45, 7) is 3.80. The Kier molecular flexibility index (Phi) is 2.64. The Bertz CT molecular complexity index is 100. The molecule has 0 aromatic heterocycles. The van der Waals surface area contributed by atoms with E-state index in [1.165, 1.54) is 17.9 Å². The molecule has 1 fully saturated rings. The average Bonchev–Trinajstić information content (AvgIpc) is 2.12. The third-order valence-electron chi connectivity index (χ3n) is 1.81. The molecule has 0 radical (unpaired) electrons. The molecule has 0 aromatic rings. The van der Waals surface area contributed by atoms with Crippen LogP contribution in [0, 0.1) is 5.92 Å². The van der Waals surface area contributed by atoms with Gasteiger partial charge >= 0.3 is 0 Å².